The molecule has 7 heteroatoms. The number of urea groups is 1. The van der Waals surface area contributed by atoms with Crippen LogP contribution in [-0.4, -0.2) is 29.9 Å². The third-order valence-electron chi connectivity index (χ3n) is 3.74. The van der Waals surface area contributed by atoms with Crippen LogP contribution in [0.1, 0.15) is 17.5 Å². The average molecular weight is 394 g/mol. The van der Waals surface area contributed by atoms with E-state index in [1.807, 2.05) is 42.5 Å². The quantitative estimate of drug-likeness (QED) is 0.718. The number of carbonyl (C=O) groups is 2. The molecule has 3 amide bonds. The van der Waals surface area contributed by atoms with E-state index in [2.05, 4.69) is 5.32 Å². The topological polar surface area (TPSA) is 75.4 Å². The molecule has 0 aliphatic heterocycles. The number of nitrogens with two attached hydrogens (primary N) is 1. The highest BCUT2D eigenvalue weighted by atomic mass is 35.5. The van der Waals surface area contributed by atoms with Crippen molar-refractivity contribution in [1.29, 1.82) is 0 Å². The van der Waals surface area contributed by atoms with Gasteiger partial charge >= 0.3 is 6.03 Å². The molecule has 0 atom stereocenters. The van der Waals surface area contributed by atoms with Gasteiger partial charge in [-0.15, -0.1) is 0 Å². The van der Waals surface area contributed by atoms with Gasteiger partial charge in [-0.25, -0.2) is 4.79 Å². The third kappa shape index (κ3) is 6.94. The summed E-state index contributed by atoms with van der Waals surface area (Å²) in [6, 6.07) is 14.6. The van der Waals surface area contributed by atoms with Gasteiger partial charge in [0.15, 0.2) is 0 Å². The number of nitrogens with one attached hydrogen (secondary N) is 1. The lowest BCUT2D eigenvalue weighted by Crippen LogP contribution is -2.41. The Hall–Kier alpha value is -2.24. The monoisotopic (exact) mass is 393 g/mol. The molecule has 0 heterocycles. The summed E-state index contributed by atoms with van der Waals surface area (Å²) in [5, 5.41) is 3.99. The van der Waals surface area contributed by atoms with E-state index in [1.165, 1.54) is 0 Å². The molecule has 3 N–H and O–H groups in total. The molecule has 0 saturated heterocycles. The first kappa shape index (κ1) is 20.1. The van der Waals surface area contributed by atoms with Gasteiger partial charge in [-0.05, 0) is 35.7 Å². The Morgan fingerprint density at radius 1 is 1.00 bits per heavy atom. The Bertz CT molecular complexity index is 733. The molecule has 0 bridgehead atoms. The lowest BCUT2D eigenvalue weighted by molar-refractivity contribution is -0.118. The molecule has 0 radical (unpaired) electrons. The highest BCUT2D eigenvalue weighted by Gasteiger charge is 2.14. The van der Waals surface area contributed by atoms with Crippen molar-refractivity contribution in [1.82, 2.24) is 10.2 Å². The van der Waals surface area contributed by atoms with E-state index in [-0.39, 0.29) is 19.0 Å². The van der Waals surface area contributed by atoms with Crippen LogP contribution in [0.3, 0.4) is 0 Å². The fraction of sp³-hybridized carbons (Fsp3) is 0.263. The molecule has 0 aromatic heterocycles. The number of nitrogens with zero attached hydrogens (tertiary/aromatic N) is 1. The summed E-state index contributed by atoms with van der Waals surface area (Å²) in [7, 11) is 0. The van der Waals surface area contributed by atoms with Gasteiger partial charge in [-0.2, -0.15) is 0 Å². The van der Waals surface area contributed by atoms with Crippen molar-refractivity contribution in [2.24, 2.45) is 5.73 Å². The van der Waals surface area contributed by atoms with Crippen molar-refractivity contribution in [2.45, 2.75) is 19.4 Å². The molecule has 2 rings (SSSR count). The zero-order valence-corrected chi connectivity index (χ0v) is 15.8. The molecule has 0 aliphatic rings. The largest absolute Gasteiger partial charge is 0.370 e. The molecule has 5 nitrogen and oxygen atoms in total. The number of rotatable bonds is 8. The lowest BCUT2D eigenvalue weighted by atomic mass is 10.1. The van der Waals surface area contributed by atoms with Crippen LogP contribution in [0.5, 0.6) is 0 Å². The predicted octanol–water partition coefficient (Wildman–Crippen LogP) is 3.62. The lowest BCUT2D eigenvalue weighted by Gasteiger charge is -2.23. The van der Waals surface area contributed by atoms with Crippen LogP contribution in [0.2, 0.25) is 10.0 Å². The number of primary amides is 1. The van der Waals surface area contributed by atoms with Gasteiger partial charge in [0.1, 0.15) is 0 Å². The van der Waals surface area contributed by atoms with Gasteiger partial charge in [-0.3, -0.25) is 4.79 Å². The molecule has 2 aromatic rings. The van der Waals surface area contributed by atoms with Crippen LogP contribution >= 0.6 is 23.2 Å². The fourth-order valence-electron chi connectivity index (χ4n) is 2.48. The summed E-state index contributed by atoms with van der Waals surface area (Å²) < 4.78 is 0. The zero-order valence-electron chi connectivity index (χ0n) is 14.3. The third-order valence-corrected chi connectivity index (χ3v) is 4.18. The number of hydrogen-bond donors (Lipinski definition) is 2. The van der Waals surface area contributed by atoms with Crippen LogP contribution in [0, 0.1) is 0 Å². The Morgan fingerprint density at radius 2 is 1.65 bits per heavy atom. The van der Waals surface area contributed by atoms with Crippen molar-refractivity contribution in [2.75, 3.05) is 13.1 Å². The first-order valence-corrected chi connectivity index (χ1v) is 8.99. The standard InChI is InChI=1S/C19H21Cl2N3O2/c20-16-10-15(11-17(21)12-16)6-8-23-19(26)24(9-7-18(22)25)13-14-4-2-1-3-5-14/h1-5,10-12H,6-9,13H2,(H2,22,25)(H,23,26). The first-order valence-electron chi connectivity index (χ1n) is 8.24. The van der Waals surface area contributed by atoms with Gasteiger partial charge < -0.3 is 16.0 Å². The molecule has 2 aromatic carbocycles. The van der Waals surface area contributed by atoms with E-state index in [0.717, 1.165) is 11.1 Å². The Balaban J connectivity index is 1.93. The maximum Gasteiger partial charge on any atom is 0.317 e. The fourth-order valence-corrected chi connectivity index (χ4v) is 3.05. The summed E-state index contributed by atoms with van der Waals surface area (Å²) in [5.41, 5.74) is 7.14. The van der Waals surface area contributed by atoms with Crippen molar-refractivity contribution in [3.63, 3.8) is 0 Å². The van der Waals surface area contributed by atoms with Gasteiger partial charge in [0.05, 0.1) is 0 Å². The Kier molecular flexibility index (Phi) is 7.75. The van der Waals surface area contributed by atoms with E-state index in [4.69, 9.17) is 28.9 Å². The van der Waals surface area contributed by atoms with E-state index in [1.54, 1.807) is 11.0 Å². The molecule has 26 heavy (non-hydrogen) atoms. The molecular weight excluding hydrogens is 373 g/mol. The van der Waals surface area contributed by atoms with Gasteiger partial charge in [0, 0.05) is 36.1 Å². The SMILES string of the molecule is NC(=O)CCN(Cc1ccccc1)C(=O)NCCc1cc(Cl)cc(Cl)c1. The molecule has 0 fully saturated rings. The second-order valence-corrected chi connectivity index (χ2v) is 6.76. The van der Waals surface area contributed by atoms with Crippen LogP contribution < -0.4 is 11.1 Å². The molecular formula is C19H21Cl2N3O2. The Morgan fingerprint density at radius 3 is 2.27 bits per heavy atom. The minimum Gasteiger partial charge on any atom is -0.370 e. The summed E-state index contributed by atoms with van der Waals surface area (Å²) in [5.74, 6) is -0.440. The van der Waals surface area contributed by atoms with Crippen molar-refractivity contribution in [3.05, 3.63) is 69.7 Å². The molecule has 0 aliphatic carbocycles. The number of amides is 3. The summed E-state index contributed by atoms with van der Waals surface area (Å²) in [6.07, 6.45) is 0.713. The van der Waals surface area contributed by atoms with Crippen LogP contribution in [0.25, 0.3) is 0 Å². The molecule has 138 valence electrons. The van der Waals surface area contributed by atoms with Crippen molar-refractivity contribution >= 4 is 35.1 Å². The summed E-state index contributed by atoms with van der Waals surface area (Å²) in [6.45, 7) is 1.10. The van der Waals surface area contributed by atoms with Gasteiger partial charge in [-0.1, -0.05) is 53.5 Å². The maximum atomic E-state index is 12.5. The number of hydrogen-bond acceptors (Lipinski definition) is 2. The first-order chi connectivity index (χ1) is 12.4. The van der Waals surface area contributed by atoms with Crippen molar-refractivity contribution in [3.8, 4) is 0 Å². The minimum atomic E-state index is -0.440. The minimum absolute atomic E-state index is 0.115. The predicted molar refractivity (Wildman–Crippen MR) is 104 cm³/mol. The zero-order chi connectivity index (χ0) is 18.9. The van der Waals surface area contributed by atoms with Crippen LogP contribution in [0.15, 0.2) is 48.5 Å². The van der Waals surface area contributed by atoms with E-state index in [9.17, 15) is 9.59 Å². The molecule has 0 unspecified atom stereocenters. The van der Waals surface area contributed by atoms with E-state index < -0.39 is 5.91 Å². The average Bonchev–Trinajstić information content (AvgIpc) is 2.58. The second kappa shape index (κ2) is 10.0. The summed E-state index contributed by atoms with van der Waals surface area (Å²) in [4.78, 5) is 25.1. The normalized spacial score (nSPS) is 10.4. The number of halogens is 2. The van der Waals surface area contributed by atoms with Crippen LogP contribution in [0.4, 0.5) is 4.79 Å². The highest BCUT2D eigenvalue weighted by Crippen LogP contribution is 2.19. The molecule has 0 spiro atoms. The highest BCUT2D eigenvalue weighted by molar-refractivity contribution is 6.34. The smallest absolute Gasteiger partial charge is 0.317 e. The second-order valence-electron chi connectivity index (χ2n) is 5.88. The van der Waals surface area contributed by atoms with Crippen molar-refractivity contribution < 1.29 is 9.59 Å². The van der Waals surface area contributed by atoms with E-state index in [0.29, 0.717) is 29.6 Å². The number of carbonyl (C=O) groups excluding carboxylic acids is 2. The Labute approximate surface area is 163 Å². The van der Waals surface area contributed by atoms with Crippen LogP contribution in [-0.2, 0) is 17.8 Å². The molecule has 0 saturated carbocycles. The van der Waals surface area contributed by atoms with E-state index >= 15 is 0 Å². The number of benzene rings is 2. The summed E-state index contributed by atoms with van der Waals surface area (Å²) >= 11 is 12.0. The van der Waals surface area contributed by atoms with Gasteiger partial charge in [0.25, 0.3) is 0 Å². The maximum absolute atomic E-state index is 12.5. The van der Waals surface area contributed by atoms with Gasteiger partial charge in [0.2, 0.25) is 5.91 Å².